The molecule has 0 saturated heterocycles. The number of hydrogen-bond acceptors (Lipinski definition) is 2. The Bertz CT molecular complexity index is 4620. The van der Waals surface area contributed by atoms with Crippen molar-refractivity contribution in [1.82, 2.24) is 4.57 Å². The number of nitrogens with zero attached hydrogens (tertiary/aromatic N) is 3. The number of aromatic nitrogens is 1. The molecule has 0 fully saturated rings. The van der Waals surface area contributed by atoms with Gasteiger partial charge in [0.15, 0.2) is 0 Å². The Balaban J connectivity index is 1.02. The van der Waals surface area contributed by atoms with Crippen LogP contribution < -0.4 is 9.80 Å². The number of rotatable bonds is 7. The number of benzene rings is 12. The quantitative estimate of drug-likeness (QED) is 0.158. The first-order valence-corrected chi connectivity index (χ1v) is 28.1. The van der Waals surface area contributed by atoms with Crippen LogP contribution in [0, 0.1) is 0 Å². The highest BCUT2D eigenvalue weighted by Gasteiger charge is 2.53. The number of hydrogen-bond donors (Lipinski definition) is 0. The molecule has 1 unspecified atom stereocenters. The van der Waals surface area contributed by atoms with E-state index < -0.39 is 5.41 Å². The molecule has 0 N–H and O–H groups in total. The summed E-state index contributed by atoms with van der Waals surface area (Å²) in [6.07, 6.45) is 0. The van der Waals surface area contributed by atoms with Gasteiger partial charge in [-0.15, -0.1) is 0 Å². The summed E-state index contributed by atoms with van der Waals surface area (Å²) in [6.45, 7) is 4.74. The van der Waals surface area contributed by atoms with Gasteiger partial charge in [0.1, 0.15) is 0 Å². The molecule has 1 aromatic heterocycles. The van der Waals surface area contributed by atoms with Crippen molar-refractivity contribution in [3.8, 4) is 50.2 Å². The smallest absolute Gasteiger partial charge is 0.0754 e. The van der Waals surface area contributed by atoms with Gasteiger partial charge in [-0.05, 0) is 169 Å². The molecule has 12 aromatic carbocycles. The Kier molecular flexibility index (Phi) is 10.3. The van der Waals surface area contributed by atoms with Crippen LogP contribution in [0.3, 0.4) is 0 Å². The zero-order valence-electron chi connectivity index (χ0n) is 44.3. The lowest BCUT2D eigenvalue weighted by Crippen LogP contribution is -2.36. The maximum absolute atomic E-state index is 7.67. The first-order valence-electron chi connectivity index (χ1n) is 27.7. The highest BCUT2D eigenvalue weighted by molar-refractivity contribution is 6.39. The summed E-state index contributed by atoms with van der Waals surface area (Å²) < 4.78 is 2.40. The SMILES string of the molecule is CC1(C)c2ccc(-c3ccccc3)cc2-c2cc(N(c3ccccc3)c3ccc4c(c3)N(c3ccccc3)c3c(ccc5c3c3c(Cl)cccc3n5-c3ccccc3)C43c4ccccc4-c4ccc(-c5ccccc5)cc43)ccc21. The summed E-state index contributed by atoms with van der Waals surface area (Å²) in [5, 5.41) is 2.84. The predicted molar refractivity (Wildman–Crippen MR) is 334 cm³/mol. The molecule has 1 spiro atoms. The lowest BCUT2D eigenvalue weighted by atomic mass is 9.64. The van der Waals surface area contributed by atoms with E-state index in [4.69, 9.17) is 11.6 Å². The fraction of sp³-hybridized carbons (Fsp3) is 0.0526. The standard InChI is InChI=1S/C76H52ClN3/c1-75(2)62-40-36-51(49-21-8-3-9-22-49)45-60(62)61-47-56(37-41-63(61)75)78(53-25-12-5-13-26-53)57-38-42-65-71(48-57)80(55-29-16-7-17-30-55)74-66(43-44-70-73(74)72-68(77)33-20-34-69(72)79(70)54-27-14-6-15-28-54)76(65)64-32-19-18-31-58(64)59-39-35-52(46-67(59)76)50-23-10-4-11-24-50/h3-48H,1-2H3. The average Bonchev–Trinajstić information content (AvgIpc) is 2.80. The molecule has 16 rings (SSSR count). The summed E-state index contributed by atoms with van der Waals surface area (Å²) in [5.74, 6) is 0. The van der Waals surface area contributed by atoms with Crippen LogP contribution >= 0.6 is 11.6 Å². The monoisotopic (exact) mass is 1040 g/mol. The molecule has 0 bridgehead atoms. The van der Waals surface area contributed by atoms with E-state index in [-0.39, 0.29) is 5.41 Å². The topological polar surface area (TPSA) is 11.4 Å². The van der Waals surface area contributed by atoms with Crippen LogP contribution in [0.4, 0.5) is 34.1 Å². The lowest BCUT2D eigenvalue weighted by Gasteiger charge is -2.46. The van der Waals surface area contributed by atoms with Gasteiger partial charge in [-0.3, -0.25) is 0 Å². The fourth-order valence-electron chi connectivity index (χ4n) is 14.2. The Morgan fingerprint density at radius 3 is 1.59 bits per heavy atom. The van der Waals surface area contributed by atoms with Crippen LogP contribution in [0.1, 0.15) is 47.2 Å². The molecule has 13 aromatic rings. The maximum Gasteiger partial charge on any atom is 0.0754 e. The molecule has 2 heterocycles. The molecule has 4 heteroatoms. The van der Waals surface area contributed by atoms with Crippen molar-refractivity contribution in [1.29, 1.82) is 0 Å². The molecule has 2 aliphatic carbocycles. The summed E-state index contributed by atoms with van der Waals surface area (Å²) in [5.41, 5.74) is 26.2. The third-order valence-corrected chi connectivity index (χ3v) is 17.9. The van der Waals surface area contributed by atoms with E-state index in [1.165, 1.54) is 77.9 Å². The van der Waals surface area contributed by atoms with Gasteiger partial charge in [-0.1, -0.05) is 214 Å². The molecule has 80 heavy (non-hydrogen) atoms. The van der Waals surface area contributed by atoms with E-state index in [2.05, 4.69) is 307 Å². The lowest BCUT2D eigenvalue weighted by molar-refractivity contribution is 0.660. The molecular formula is C76H52ClN3. The van der Waals surface area contributed by atoms with Gasteiger partial charge < -0.3 is 14.4 Å². The van der Waals surface area contributed by atoms with Gasteiger partial charge in [0.05, 0.1) is 32.8 Å². The van der Waals surface area contributed by atoms with Gasteiger partial charge in [0.25, 0.3) is 0 Å². The number of para-hydroxylation sites is 3. The van der Waals surface area contributed by atoms with E-state index in [9.17, 15) is 0 Å². The van der Waals surface area contributed by atoms with Crippen molar-refractivity contribution in [2.24, 2.45) is 0 Å². The minimum absolute atomic E-state index is 0.175. The Morgan fingerprint density at radius 2 is 0.875 bits per heavy atom. The fourth-order valence-corrected chi connectivity index (χ4v) is 14.4. The highest BCUT2D eigenvalue weighted by atomic mass is 35.5. The van der Waals surface area contributed by atoms with E-state index in [0.717, 1.165) is 61.6 Å². The Labute approximate surface area is 471 Å². The van der Waals surface area contributed by atoms with Gasteiger partial charge in [0, 0.05) is 44.6 Å². The molecule has 3 aliphatic rings. The van der Waals surface area contributed by atoms with Crippen molar-refractivity contribution in [3.05, 3.63) is 317 Å². The number of anilines is 6. The van der Waals surface area contributed by atoms with Gasteiger partial charge >= 0.3 is 0 Å². The number of halogens is 1. The second-order valence-corrected chi connectivity index (χ2v) is 22.5. The summed E-state index contributed by atoms with van der Waals surface area (Å²) in [6, 6.07) is 103. The van der Waals surface area contributed by atoms with Crippen molar-refractivity contribution in [2.45, 2.75) is 24.7 Å². The highest BCUT2D eigenvalue weighted by Crippen LogP contribution is 2.66. The molecule has 1 aliphatic heterocycles. The summed E-state index contributed by atoms with van der Waals surface area (Å²) in [4.78, 5) is 5.01. The van der Waals surface area contributed by atoms with Crippen LogP contribution in [-0.4, -0.2) is 4.57 Å². The largest absolute Gasteiger partial charge is 0.310 e. The van der Waals surface area contributed by atoms with Crippen LogP contribution in [-0.2, 0) is 10.8 Å². The second-order valence-electron chi connectivity index (χ2n) is 22.1. The third kappa shape index (κ3) is 6.62. The molecular weight excluding hydrogens is 990 g/mol. The van der Waals surface area contributed by atoms with E-state index in [0.29, 0.717) is 5.02 Å². The van der Waals surface area contributed by atoms with Crippen molar-refractivity contribution >= 4 is 67.5 Å². The van der Waals surface area contributed by atoms with Crippen molar-refractivity contribution in [2.75, 3.05) is 9.80 Å². The normalized spacial score (nSPS) is 15.1. The molecule has 378 valence electrons. The molecule has 0 amide bonds. The van der Waals surface area contributed by atoms with Crippen LogP contribution in [0.5, 0.6) is 0 Å². The number of fused-ring (bicyclic) bond motifs is 16. The van der Waals surface area contributed by atoms with Gasteiger partial charge in [0.2, 0.25) is 0 Å². The van der Waals surface area contributed by atoms with Gasteiger partial charge in [-0.2, -0.15) is 0 Å². The second kappa shape index (κ2) is 17.7. The average molecular weight is 1040 g/mol. The Morgan fingerprint density at radius 1 is 0.338 bits per heavy atom. The maximum atomic E-state index is 7.67. The molecule has 0 saturated carbocycles. The minimum Gasteiger partial charge on any atom is -0.310 e. The van der Waals surface area contributed by atoms with E-state index in [1.54, 1.807) is 0 Å². The Hall–Kier alpha value is -9.67. The van der Waals surface area contributed by atoms with Crippen LogP contribution in [0.2, 0.25) is 5.02 Å². The zero-order chi connectivity index (χ0) is 53.3. The van der Waals surface area contributed by atoms with E-state index >= 15 is 0 Å². The van der Waals surface area contributed by atoms with Crippen LogP contribution in [0.15, 0.2) is 279 Å². The van der Waals surface area contributed by atoms with Crippen molar-refractivity contribution < 1.29 is 0 Å². The van der Waals surface area contributed by atoms with Crippen molar-refractivity contribution in [3.63, 3.8) is 0 Å². The molecule has 0 radical (unpaired) electrons. The molecule has 3 nitrogen and oxygen atoms in total. The minimum atomic E-state index is -0.765. The first kappa shape index (κ1) is 46.4. The zero-order valence-corrected chi connectivity index (χ0v) is 45.0. The van der Waals surface area contributed by atoms with Crippen LogP contribution in [0.25, 0.3) is 72.0 Å². The van der Waals surface area contributed by atoms with Gasteiger partial charge in [-0.25, -0.2) is 0 Å². The summed E-state index contributed by atoms with van der Waals surface area (Å²) in [7, 11) is 0. The third-order valence-electron chi connectivity index (χ3n) is 17.6. The van der Waals surface area contributed by atoms with E-state index in [1.807, 2.05) is 0 Å². The molecule has 1 atom stereocenters. The predicted octanol–water partition coefficient (Wildman–Crippen LogP) is 20.7. The summed E-state index contributed by atoms with van der Waals surface area (Å²) >= 11 is 7.67. The first-order chi connectivity index (χ1) is 39.4.